The van der Waals surface area contributed by atoms with Crippen molar-refractivity contribution >= 4 is 38.9 Å². The molecule has 2 saturated heterocycles. The Labute approximate surface area is 185 Å². The van der Waals surface area contributed by atoms with Crippen LogP contribution in [0.15, 0.2) is 28.8 Å². The van der Waals surface area contributed by atoms with E-state index in [1.165, 1.54) is 0 Å². The number of nitrogens with one attached hydrogen (secondary N) is 1. The first-order valence-corrected chi connectivity index (χ1v) is 12.5. The van der Waals surface area contributed by atoms with E-state index in [0.29, 0.717) is 33.7 Å². The highest BCUT2D eigenvalue weighted by Crippen LogP contribution is 2.31. The van der Waals surface area contributed by atoms with E-state index in [1.54, 1.807) is 24.4 Å². The number of aromatic nitrogens is 1. The van der Waals surface area contributed by atoms with Crippen LogP contribution in [-0.2, 0) is 21.1 Å². The fourth-order valence-electron chi connectivity index (χ4n) is 4.14. The van der Waals surface area contributed by atoms with Gasteiger partial charge >= 0.3 is 0 Å². The summed E-state index contributed by atoms with van der Waals surface area (Å²) < 4.78 is 30.0. The lowest BCUT2D eigenvalue weighted by molar-refractivity contribution is -0.122. The van der Waals surface area contributed by atoms with E-state index < -0.39 is 9.84 Å². The molecular weight excluding hydrogens is 449 g/mol. The Kier molecular flexibility index (Phi) is 6.39. The van der Waals surface area contributed by atoms with Crippen LogP contribution in [0.2, 0.25) is 10.0 Å². The number of halogens is 2. The summed E-state index contributed by atoms with van der Waals surface area (Å²) in [6.45, 7) is 1.78. The molecule has 162 valence electrons. The maximum atomic E-state index is 12.5. The molecule has 2 aliphatic rings. The van der Waals surface area contributed by atoms with Gasteiger partial charge in [0.2, 0.25) is 5.91 Å². The van der Waals surface area contributed by atoms with Crippen LogP contribution >= 0.6 is 23.2 Å². The lowest BCUT2D eigenvalue weighted by Gasteiger charge is -2.28. The third-order valence-electron chi connectivity index (χ3n) is 5.59. The van der Waals surface area contributed by atoms with E-state index in [-0.39, 0.29) is 35.9 Å². The molecule has 2 aliphatic heterocycles. The fourth-order valence-corrected chi connectivity index (χ4v) is 6.59. The number of likely N-dealkylation sites (tertiary alicyclic amines) is 1. The van der Waals surface area contributed by atoms with Crippen LogP contribution in [0.3, 0.4) is 0 Å². The Bertz CT molecular complexity index is 1030. The number of carbonyl (C=O) groups is 1. The normalized spacial score (nSPS) is 23.7. The maximum Gasteiger partial charge on any atom is 0.220 e. The highest BCUT2D eigenvalue weighted by Gasteiger charge is 2.42. The minimum absolute atomic E-state index is 0.00186. The molecule has 0 radical (unpaired) electrons. The van der Waals surface area contributed by atoms with Gasteiger partial charge in [0.15, 0.2) is 21.5 Å². The highest BCUT2D eigenvalue weighted by molar-refractivity contribution is 7.91. The summed E-state index contributed by atoms with van der Waals surface area (Å²) in [5, 5.41) is 3.91. The Morgan fingerprint density at radius 1 is 1.23 bits per heavy atom. The van der Waals surface area contributed by atoms with Crippen molar-refractivity contribution in [3.63, 3.8) is 0 Å². The lowest BCUT2D eigenvalue weighted by Crippen LogP contribution is -2.50. The molecule has 1 aromatic heterocycles. The molecule has 2 aromatic rings. The fraction of sp³-hybridized carbons (Fsp3) is 0.500. The van der Waals surface area contributed by atoms with Gasteiger partial charge in [0.25, 0.3) is 0 Å². The van der Waals surface area contributed by atoms with Crippen molar-refractivity contribution in [3.05, 3.63) is 40.3 Å². The summed E-state index contributed by atoms with van der Waals surface area (Å²) >= 11 is 12.1. The number of hydrogen-bond acceptors (Lipinski definition) is 6. The van der Waals surface area contributed by atoms with Crippen LogP contribution in [0.1, 0.15) is 25.2 Å². The molecule has 1 amide bonds. The second-order valence-corrected chi connectivity index (χ2v) is 10.8. The molecule has 10 heteroatoms. The number of oxazole rings is 1. The summed E-state index contributed by atoms with van der Waals surface area (Å²) in [6, 6.07) is 4.59. The summed E-state index contributed by atoms with van der Waals surface area (Å²) in [4.78, 5) is 18.9. The standard InChI is InChI=1S/C20H23Cl2N3O4S/c21-13-3-4-14(15(22)9-13)18-10-23-20(29-18)6-5-19(26)24-16-11-30(27,28)12-17(16)25-7-1-2-8-25/h3-4,9-10,16-17H,1-2,5-8,11-12H2,(H,24,26). The average molecular weight is 472 g/mol. The zero-order valence-electron chi connectivity index (χ0n) is 16.3. The van der Waals surface area contributed by atoms with Gasteiger partial charge in [-0.15, -0.1) is 0 Å². The third-order valence-corrected chi connectivity index (χ3v) is 7.86. The van der Waals surface area contributed by atoms with Gasteiger partial charge in [-0.2, -0.15) is 0 Å². The minimum Gasteiger partial charge on any atom is -0.441 e. The number of hydrogen-bond donors (Lipinski definition) is 1. The Morgan fingerprint density at radius 3 is 2.73 bits per heavy atom. The number of aryl methyl sites for hydroxylation is 1. The number of rotatable bonds is 6. The average Bonchev–Trinajstić information content (AvgIpc) is 3.40. The third kappa shape index (κ3) is 4.99. The van der Waals surface area contributed by atoms with Crippen LogP contribution < -0.4 is 5.32 Å². The van der Waals surface area contributed by atoms with E-state index in [0.717, 1.165) is 25.9 Å². The van der Waals surface area contributed by atoms with Crippen LogP contribution in [0.5, 0.6) is 0 Å². The smallest absolute Gasteiger partial charge is 0.220 e. The molecule has 0 aliphatic carbocycles. The van der Waals surface area contributed by atoms with Crippen molar-refractivity contribution in [3.8, 4) is 11.3 Å². The van der Waals surface area contributed by atoms with E-state index >= 15 is 0 Å². The van der Waals surface area contributed by atoms with Crippen molar-refractivity contribution < 1.29 is 17.6 Å². The van der Waals surface area contributed by atoms with Crippen LogP contribution in [0.25, 0.3) is 11.3 Å². The van der Waals surface area contributed by atoms with Gasteiger partial charge in [-0.25, -0.2) is 13.4 Å². The molecule has 30 heavy (non-hydrogen) atoms. The summed E-state index contributed by atoms with van der Waals surface area (Å²) in [5.74, 6) is 0.830. The summed E-state index contributed by atoms with van der Waals surface area (Å²) in [5.41, 5.74) is 0.675. The van der Waals surface area contributed by atoms with Gasteiger partial charge < -0.3 is 9.73 Å². The molecule has 0 spiro atoms. The topological polar surface area (TPSA) is 92.5 Å². The van der Waals surface area contributed by atoms with Gasteiger partial charge in [0.05, 0.1) is 28.8 Å². The largest absolute Gasteiger partial charge is 0.441 e. The molecule has 1 aromatic carbocycles. The van der Waals surface area contributed by atoms with Gasteiger partial charge in [-0.1, -0.05) is 23.2 Å². The Morgan fingerprint density at radius 2 is 2.00 bits per heavy atom. The molecule has 2 unspecified atom stereocenters. The SMILES string of the molecule is O=C(CCc1ncc(-c2ccc(Cl)cc2Cl)o1)NC1CS(=O)(=O)CC1N1CCCC1. The van der Waals surface area contributed by atoms with E-state index in [1.807, 2.05) is 0 Å². The van der Waals surface area contributed by atoms with E-state index in [9.17, 15) is 13.2 Å². The van der Waals surface area contributed by atoms with Crippen molar-refractivity contribution in [1.82, 2.24) is 15.2 Å². The van der Waals surface area contributed by atoms with Crippen LogP contribution in [0, 0.1) is 0 Å². The van der Waals surface area contributed by atoms with Gasteiger partial charge in [0.1, 0.15) is 0 Å². The molecule has 4 rings (SSSR count). The monoisotopic (exact) mass is 471 g/mol. The minimum atomic E-state index is -3.14. The summed E-state index contributed by atoms with van der Waals surface area (Å²) in [6.07, 6.45) is 4.18. The zero-order chi connectivity index (χ0) is 21.3. The molecule has 0 saturated carbocycles. The highest BCUT2D eigenvalue weighted by atomic mass is 35.5. The van der Waals surface area contributed by atoms with Gasteiger partial charge in [-0.05, 0) is 44.1 Å². The predicted molar refractivity (Wildman–Crippen MR) is 115 cm³/mol. The summed E-state index contributed by atoms with van der Waals surface area (Å²) in [7, 11) is -3.14. The van der Waals surface area contributed by atoms with Crippen LogP contribution in [-0.4, -0.2) is 60.9 Å². The number of sulfone groups is 1. The second kappa shape index (κ2) is 8.86. The molecule has 3 heterocycles. The quantitative estimate of drug-likeness (QED) is 0.695. The van der Waals surface area contributed by atoms with Crippen molar-refractivity contribution in [2.45, 2.75) is 37.8 Å². The lowest BCUT2D eigenvalue weighted by atomic mass is 10.1. The van der Waals surface area contributed by atoms with E-state index in [4.69, 9.17) is 27.6 Å². The molecule has 0 bridgehead atoms. The van der Waals surface area contributed by atoms with Crippen molar-refractivity contribution in [2.75, 3.05) is 24.6 Å². The molecule has 1 N–H and O–H groups in total. The Hall–Kier alpha value is -1.61. The zero-order valence-corrected chi connectivity index (χ0v) is 18.6. The second-order valence-electron chi connectivity index (χ2n) is 7.80. The Balaban J connectivity index is 1.35. The predicted octanol–water partition coefficient (Wildman–Crippen LogP) is 2.96. The number of carbonyl (C=O) groups excluding carboxylic acids is 1. The van der Waals surface area contributed by atoms with Crippen molar-refractivity contribution in [1.29, 1.82) is 0 Å². The number of amides is 1. The first-order valence-electron chi connectivity index (χ1n) is 9.95. The maximum absolute atomic E-state index is 12.5. The first kappa shape index (κ1) is 21.6. The number of nitrogens with zero attached hydrogens (tertiary/aromatic N) is 2. The number of benzene rings is 1. The van der Waals surface area contributed by atoms with Crippen LogP contribution in [0.4, 0.5) is 0 Å². The molecule has 2 fully saturated rings. The van der Waals surface area contributed by atoms with E-state index in [2.05, 4.69) is 15.2 Å². The van der Waals surface area contributed by atoms with Crippen molar-refractivity contribution in [2.24, 2.45) is 0 Å². The first-order chi connectivity index (χ1) is 14.3. The van der Waals surface area contributed by atoms with Gasteiger partial charge in [0, 0.05) is 29.5 Å². The molecule has 2 atom stereocenters. The molecular formula is C20H23Cl2N3O4S. The molecule has 7 nitrogen and oxygen atoms in total. The van der Waals surface area contributed by atoms with Gasteiger partial charge in [-0.3, -0.25) is 9.69 Å².